The van der Waals surface area contributed by atoms with E-state index in [1.165, 1.54) is 24.3 Å². The number of aliphatic hydroxyl groups is 1. The molecule has 6 nitrogen and oxygen atoms in total. The molecule has 31 heavy (non-hydrogen) atoms. The molecule has 0 bridgehead atoms. The molecule has 0 saturated carbocycles. The van der Waals surface area contributed by atoms with E-state index in [1.807, 2.05) is 6.07 Å². The third kappa shape index (κ3) is 5.08. The summed E-state index contributed by atoms with van der Waals surface area (Å²) >= 11 is -0.104. The zero-order chi connectivity index (χ0) is 23.6. The Hall–Kier alpha value is -2.85. The number of amides is 2. The Morgan fingerprint density at radius 3 is 2.19 bits per heavy atom. The molecule has 2 amide bonds. The molecule has 2 rings (SSSR count). The van der Waals surface area contributed by atoms with Crippen molar-refractivity contribution in [1.82, 2.24) is 10.3 Å². The minimum Gasteiger partial charge on any atom is -0.369 e. The fraction of sp³-hybridized carbons (Fsp3) is 0.389. The number of carbonyl (C=O) groups is 1. The highest BCUT2D eigenvalue weighted by molar-refractivity contribution is 7.15. The van der Waals surface area contributed by atoms with Crippen molar-refractivity contribution in [2.75, 3.05) is 4.90 Å². The Kier molecular flexibility index (Phi) is 6.87. The molecule has 2 N–H and O–H groups in total. The smallest absolute Gasteiger partial charge is 0.369 e. The summed E-state index contributed by atoms with van der Waals surface area (Å²) in [5, 5.41) is 20.4. The van der Waals surface area contributed by atoms with Gasteiger partial charge in [-0.1, -0.05) is 23.5 Å². The summed E-state index contributed by atoms with van der Waals surface area (Å²) in [5.74, 6) is 0. The second-order valence-corrected chi connectivity index (χ2v) is 7.72. The maximum atomic E-state index is 13.1. The van der Waals surface area contributed by atoms with Gasteiger partial charge in [-0.3, -0.25) is 4.90 Å². The predicted octanol–water partition coefficient (Wildman–Crippen LogP) is 4.45. The summed E-state index contributed by atoms with van der Waals surface area (Å²) < 4.78 is 78.8. The average Bonchev–Trinajstić information content (AvgIpc) is 3.13. The molecule has 2 aromatic rings. The number of nitrogens with zero attached hydrogens (tertiary/aromatic N) is 3. The maximum absolute atomic E-state index is 13.1. The number of rotatable bonds is 5. The van der Waals surface area contributed by atoms with Gasteiger partial charge >= 0.3 is 18.4 Å². The van der Waals surface area contributed by atoms with E-state index in [2.05, 4.69) is 10.3 Å². The number of anilines is 1. The van der Waals surface area contributed by atoms with Gasteiger partial charge in [-0.05, 0) is 31.5 Å². The number of urea groups is 1. The average molecular weight is 466 g/mol. The first-order valence-corrected chi connectivity index (χ1v) is 9.41. The quantitative estimate of drug-likeness (QED) is 0.638. The molecule has 1 aromatic carbocycles. The van der Waals surface area contributed by atoms with Gasteiger partial charge < -0.3 is 10.4 Å². The molecule has 1 heterocycles. The largest absolute Gasteiger partial charge is 0.431 e. The van der Waals surface area contributed by atoms with Gasteiger partial charge in [-0.25, -0.2) is 9.78 Å². The molecule has 0 unspecified atom stereocenters. The molecule has 168 valence electrons. The van der Waals surface area contributed by atoms with Crippen molar-refractivity contribution >= 4 is 22.5 Å². The molecule has 13 heteroatoms. The van der Waals surface area contributed by atoms with Crippen LogP contribution < -0.4 is 10.2 Å². The van der Waals surface area contributed by atoms with E-state index in [-0.39, 0.29) is 24.1 Å². The van der Waals surface area contributed by atoms with Crippen molar-refractivity contribution in [3.05, 3.63) is 46.5 Å². The number of halogens is 6. The summed E-state index contributed by atoms with van der Waals surface area (Å²) in [4.78, 5) is 15.4. The van der Waals surface area contributed by atoms with Gasteiger partial charge in [0.05, 0.1) is 23.1 Å². The van der Waals surface area contributed by atoms with Crippen molar-refractivity contribution in [1.29, 1.82) is 5.26 Å². The fourth-order valence-corrected chi connectivity index (χ4v) is 3.46. The Balaban J connectivity index is 2.49. The molecule has 0 aliphatic heterocycles. The number of aromatic nitrogens is 1. The summed E-state index contributed by atoms with van der Waals surface area (Å²) in [7, 11) is 0. The molecular weight excluding hydrogens is 450 g/mol. The standard InChI is InChI=1S/C18H16F6N4O2S/c1-10(2)27-14(29)28(9-12-5-3-11(7-25)4-6-12)15-26-8-13(31-15)16(30,17(19,20)21)18(22,23)24/h3-6,8,10,30H,9H2,1-2H3,(H,27,29). The van der Waals surface area contributed by atoms with Crippen LogP contribution in [0.4, 0.5) is 36.3 Å². The fourth-order valence-electron chi connectivity index (χ4n) is 2.42. The number of alkyl halides is 6. The first-order valence-electron chi connectivity index (χ1n) is 8.60. The second kappa shape index (κ2) is 8.72. The molecule has 0 fully saturated rings. The van der Waals surface area contributed by atoms with Crippen LogP contribution in [0, 0.1) is 11.3 Å². The second-order valence-electron chi connectivity index (χ2n) is 6.71. The molecule has 0 saturated heterocycles. The maximum Gasteiger partial charge on any atom is 0.431 e. The minimum absolute atomic E-state index is 0.104. The van der Waals surface area contributed by atoms with Gasteiger partial charge in [0.2, 0.25) is 0 Å². The molecule has 0 radical (unpaired) electrons. The highest BCUT2D eigenvalue weighted by atomic mass is 32.1. The van der Waals surface area contributed by atoms with Crippen LogP contribution in [0.2, 0.25) is 0 Å². The number of benzene rings is 1. The number of carbonyl (C=O) groups excluding carboxylic acids is 1. The van der Waals surface area contributed by atoms with Crippen LogP contribution in [0.15, 0.2) is 30.5 Å². The monoisotopic (exact) mass is 466 g/mol. The zero-order valence-corrected chi connectivity index (χ0v) is 16.9. The van der Waals surface area contributed by atoms with E-state index in [0.717, 1.165) is 4.90 Å². The van der Waals surface area contributed by atoms with Crippen LogP contribution in [-0.2, 0) is 12.1 Å². The minimum atomic E-state index is -6.06. The lowest BCUT2D eigenvalue weighted by atomic mass is 10.0. The van der Waals surface area contributed by atoms with Gasteiger partial charge in [0, 0.05) is 12.2 Å². The van der Waals surface area contributed by atoms with Crippen molar-refractivity contribution in [3.8, 4) is 6.07 Å². The van der Waals surface area contributed by atoms with E-state index >= 15 is 0 Å². The Morgan fingerprint density at radius 1 is 1.19 bits per heavy atom. The van der Waals surface area contributed by atoms with Crippen molar-refractivity contribution in [2.24, 2.45) is 0 Å². The Bertz CT molecular complexity index is 949. The van der Waals surface area contributed by atoms with E-state index in [0.29, 0.717) is 11.1 Å². The molecule has 0 spiro atoms. The number of thiazole rings is 1. The van der Waals surface area contributed by atoms with E-state index in [1.54, 1.807) is 13.8 Å². The van der Waals surface area contributed by atoms with Crippen molar-refractivity contribution < 1.29 is 36.2 Å². The Morgan fingerprint density at radius 2 is 1.74 bits per heavy atom. The third-order valence-corrected chi connectivity index (χ3v) is 5.11. The number of nitrogens with one attached hydrogen (secondary N) is 1. The lowest BCUT2D eigenvalue weighted by Crippen LogP contribution is -2.53. The van der Waals surface area contributed by atoms with Gasteiger partial charge in [0.1, 0.15) is 0 Å². The van der Waals surface area contributed by atoms with Crippen LogP contribution in [0.25, 0.3) is 0 Å². The van der Waals surface area contributed by atoms with Crippen LogP contribution in [0.5, 0.6) is 0 Å². The first kappa shape index (κ1) is 24.4. The van der Waals surface area contributed by atoms with Gasteiger partial charge in [-0.15, -0.1) is 0 Å². The van der Waals surface area contributed by atoms with Crippen molar-refractivity contribution in [2.45, 2.75) is 44.4 Å². The van der Waals surface area contributed by atoms with Gasteiger partial charge in [-0.2, -0.15) is 31.6 Å². The van der Waals surface area contributed by atoms with Crippen LogP contribution >= 0.6 is 11.3 Å². The summed E-state index contributed by atoms with van der Waals surface area (Å²) in [6.07, 6.45) is -11.9. The highest BCUT2D eigenvalue weighted by Crippen LogP contribution is 2.52. The number of nitriles is 1. The summed E-state index contributed by atoms with van der Waals surface area (Å²) in [5.41, 5.74) is -4.37. The highest BCUT2D eigenvalue weighted by Gasteiger charge is 2.72. The topological polar surface area (TPSA) is 89.3 Å². The Labute approximate surface area is 176 Å². The molecule has 0 aliphatic carbocycles. The normalized spacial score (nSPS) is 12.5. The van der Waals surface area contributed by atoms with Crippen LogP contribution in [0.3, 0.4) is 0 Å². The zero-order valence-electron chi connectivity index (χ0n) is 16.0. The van der Waals surface area contributed by atoms with E-state index in [9.17, 15) is 36.2 Å². The molecule has 0 atom stereocenters. The van der Waals surface area contributed by atoms with Gasteiger partial charge in [0.25, 0.3) is 5.60 Å². The van der Waals surface area contributed by atoms with Crippen LogP contribution in [0.1, 0.15) is 29.9 Å². The van der Waals surface area contributed by atoms with Gasteiger partial charge in [0.15, 0.2) is 5.13 Å². The summed E-state index contributed by atoms with van der Waals surface area (Å²) in [6, 6.07) is 6.51. The van der Waals surface area contributed by atoms with Crippen molar-refractivity contribution in [3.63, 3.8) is 0 Å². The predicted molar refractivity (Wildman–Crippen MR) is 99.1 cm³/mol. The third-order valence-electron chi connectivity index (χ3n) is 3.98. The summed E-state index contributed by atoms with van der Waals surface area (Å²) in [6.45, 7) is 2.96. The lowest BCUT2D eigenvalue weighted by molar-refractivity contribution is -0.375. The van der Waals surface area contributed by atoms with E-state index < -0.39 is 40.0 Å². The first-order chi connectivity index (χ1) is 14.2. The van der Waals surface area contributed by atoms with E-state index in [4.69, 9.17) is 5.26 Å². The molecular formula is C18H16F6N4O2S. The van der Waals surface area contributed by atoms with Crippen LogP contribution in [-0.4, -0.2) is 34.5 Å². The number of hydrogen-bond donors (Lipinski definition) is 2. The molecule has 1 aromatic heterocycles. The molecule has 0 aliphatic rings. The number of hydrogen-bond acceptors (Lipinski definition) is 5. The SMILES string of the molecule is CC(C)NC(=O)N(Cc1ccc(C#N)cc1)c1ncc(C(O)(C(F)(F)F)C(F)(F)F)s1. The lowest BCUT2D eigenvalue weighted by Gasteiger charge is -2.30.